The highest BCUT2D eigenvalue weighted by Gasteiger charge is 2.40. The zero-order valence-electron chi connectivity index (χ0n) is 19.0. The molecule has 6 aromatic rings. The summed E-state index contributed by atoms with van der Waals surface area (Å²) in [4.78, 5) is 0. The van der Waals surface area contributed by atoms with Crippen LogP contribution in [0.5, 0.6) is 0 Å². The molecule has 3 aromatic heterocycles. The molecule has 3 heteroatoms. The topological polar surface area (TPSA) is 8.29 Å². The molecule has 2 fully saturated rings. The molecule has 3 atom stereocenters. The van der Waals surface area contributed by atoms with E-state index in [2.05, 4.69) is 65.5 Å². The molecule has 0 spiro atoms. The number of fused-ring (bicyclic) bond motifs is 7. The average Bonchev–Trinajstić information content (AvgIpc) is 3.53. The third-order valence-corrected chi connectivity index (χ3v) is 8.99. The van der Waals surface area contributed by atoms with Crippen molar-refractivity contribution in [2.24, 2.45) is 18.9 Å². The summed E-state index contributed by atoms with van der Waals surface area (Å²) in [6.07, 6.45) is 7.67. The highest BCUT2D eigenvalue weighted by molar-refractivity contribution is 6.25. The van der Waals surface area contributed by atoms with Crippen molar-refractivity contribution in [3.63, 3.8) is 0 Å². The predicted octanol–water partition coefficient (Wildman–Crippen LogP) is 7.17. The van der Waals surface area contributed by atoms with Crippen molar-refractivity contribution < 1.29 is 8.96 Å². The Morgan fingerprint density at radius 3 is 2.64 bits per heavy atom. The highest BCUT2D eigenvalue weighted by atomic mass is 19.1. The van der Waals surface area contributed by atoms with Gasteiger partial charge in [0.15, 0.2) is 6.20 Å². The molecule has 0 aliphatic heterocycles. The molecular formula is C30H26FN2+. The second kappa shape index (κ2) is 6.02. The first-order valence-electron chi connectivity index (χ1n) is 12.3. The van der Waals surface area contributed by atoms with Gasteiger partial charge in [-0.1, -0.05) is 36.8 Å². The van der Waals surface area contributed by atoms with Crippen LogP contribution in [-0.4, -0.2) is 4.40 Å². The molecule has 0 radical (unpaired) electrons. The Morgan fingerprint density at radius 2 is 1.82 bits per heavy atom. The Morgan fingerprint density at radius 1 is 0.939 bits per heavy atom. The van der Waals surface area contributed by atoms with Gasteiger partial charge < -0.3 is 4.40 Å². The summed E-state index contributed by atoms with van der Waals surface area (Å²) in [5, 5.41) is 5.89. The number of hydrogen-bond acceptors (Lipinski definition) is 0. The van der Waals surface area contributed by atoms with Gasteiger partial charge in [-0.25, -0.2) is 8.96 Å². The standard InChI is InChI=1S/C30H26FN2/c1-16-6-9-22-21-4-3-5-24(31)28(21)33-25-15-20(23-13-17-7-8-18(23)12-17)14-19-10-11-32(2)30(27(19)25)26(16)29(22)33/h3-6,9-11,14-15,17-18,23H,7-8,12-13H2,1-2H3/q+1. The second-order valence-corrected chi connectivity index (χ2v) is 10.7. The van der Waals surface area contributed by atoms with Crippen LogP contribution in [0, 0.1) is 24.6 Å². The Bertz CT molecular complexity index is 1780. The van der Waals surface area contributed by atoms with Crippen LogP contribution < -0.4 is 4.57 Å². The molecule has 0 amide bonds. The summed E-state index contributed by atoms with van der Waals surface area (Å²) in [6, 6.07) is 17.0. The zero-order chi connectivity index (χ0) is 22.0. The van der Waals surface area contributed by atoms with Crippen molar-refractivity contribution in [2.75, 3.05) is 0 Å². The van der Waals surface area contributed by atoms with E-state index in [1.807, 2.05) is 6.07 Å². The summed E-state index contributed by atoms with van der Waals surface area (Å²) < 4.78 is 20.0. The molecule has 0 saturated heterocycles. The normalized spacial score (nSPS) is 22.8. The first kappa shape index (κ1) is 18.3. The van der Waals surface area contributed by atoms with Gasteiger partial charge in [0.1, 0.15) is 12.9 Å². The average molecular weight is 434 g/mol. The van der Waals surface area contributed by atoms with Gasteiger partial charge in [0, 0.05) is 16.8 Å². The van der Waals surface area contributed by atoms with E-state index >= 15 is 4.39 Å². The van der Waals surface area contributed by atoms with Gasteiger partial charge in [-0.15, -0.1) is 0 Å². The molecule has 2 nitrogen and oxygen atoms in total. The molecule has 3 aromatic carbocycles. The third kappa shape index (κ3) is 2.16. The molecule has 33 heavy (non-hydrogen) atoms. The Balaban J connectivity index is 1.65. The largest absolute Gasteiger partial charge is 0.305 e. The van der Waals surface area contributed by atoms with Gasteiger partial charge in [-0.3, -0.25) is 0 Å². The monoisotopic (exact) mass is 433 g/mol. The van der Waals surface area contributed by atoms with Crippen LogP contribution in [0.15, 0.2) is 54.7 Å². The van der Waals surface area contributed by atoms with Crippen LogP contribution in [0.3, 0.4) is 0 Å². The number of aryl methyl sites for hydroxylation is 2. The minimum Gasteiger partial charge on any atom is -0.305 e. The molecule has 3 unspecified atom stereocenters. The van der Waals surface area contributed by atoms with Gasteiger partial charge >= 0.3 is 0 Å². The SMILES string of the molecule is Cc1ccc2c3cccc(F)c3n3c4cc(C5CC6CCC5C6)cc5cc[n+](C)c(c1c23)c54. The quantitative estimate of drug-likeness (QED) is 0.148. The van der Waals surface area contributed by atoms with Crippen LogP contribution in [0.25, 0.3) is 49.0 Å². The molecular weight excluding hydrogens is 407 g/mol. The maximum Gasteiger partial charge on any atom is 0.224 e. The lowest BCUT2D eigenvalue weighted by atomic mass is 9.82. The third-order valence-electron chi connectivity index (χ3n) is 8.99. The minimum atomic E-state index is -0.144. The van der Waals surface area contributed by atoms with Crippen molar-refractivity contribution >= 4 is 49.0 Å². The first-order chi connectivity index (χ1) is 16.1. The summed E-state index contributed by atoms with van der Waals surface area (Å²) in [6.45, 7) is 2.18. The summed E-state index contributed by atoms with van der Waals surface area (Å²) >= 11 is 0. The van der Waals surface area contributed by atoms with Crippen molar-refractivity contribution in [1.82, 2.24) is 4.40 Å². The van der Waals surface area contributed by atoms with Crippen molar-refractivity contribution in [1.29, 1.82) is 0 Å². The maximum atomic E-state index is 15.5. The van der Waals surface area contributed by atoms with E-state index in [4.69, 9.17) is 0 Å². The van der Waals surface area contributed by atoms with Crippen LogP contribution in [0.2, 0.25) is 0 Å². The number of halogens is 1. The van der Waals surface area contributed by atoms with Crippen LogP contribution >= 0.6 is 0 Å². The van der Waals surface area contributed by atoms with Crippen LogP contribution in [0.4, 0.5) is 4.39 Å². The van der Waals surface area contributed by atoms with E-state index in [9.17, 15) is 0 Å². The summed E-state index contributed by atoms with van der Waals surface area (Å²) in [5.74, 6) is 2.21. The molecule has 0 N–H and O–H groups in total. The predicted molar refractivity (Wildman–Crippen MR) is 133 cm³/mol. The van der Waals surface area contributed by atoms with Gasteiger partial charge in [0.2, 0.25) is 5.52 Å². The van der Waals surface area contributed by atoms with Crippen molar-refractivity contribution in [2.45, 2.75) is 38.5 Å². The smallest absolute Gasteiger partial charge is 0.224 e. The molecule has 8 rings (SSSR count). The van der Waals surface area contributed by atoms with Gasteiger partial charge in [-0.05, 0) is 72.6 Å². The number of nitrogens with zero attached hydrogens (tertiary/aromatic N) is 2. The minimum absolute atomic E-state index is 0.144. The lowest BCUT2D eigenvalue weighted by Crippen LogP contribution is -2.29. The number of benzene rings is 3. The van der Waals surface area contributed by atoms with Crippen molar-refractivity contribution in [3.05, 3.63) is 71.7 Å². The van der Waals surface area contributed by atoms with E-state index in [0.717, 1.165) is 33.6 Å². The number of aromatic nitrogens is 2. The molecule has 3 heterocycles. The number of rotatable bonds is 1. The zero-order valence-corrected chi connectivity index (χ0v) is 19.0. The molecule has 162 valence electrons. The van der Waals surface area contributed by atoms with E-state index < -0.39 is 0 Å². The highest BCUT2D eigenvalue weighted by Crippen LogP contribution is 2.53. The fraction of sp³-hybridized carbons (Fsp3) is 0.300. The maximum absolute atomic E-state index is 15.5. The van der Waals surface area contributed by atoms with Gasteiger partial charge in [-0.2, -0.15) is 0 Å². The Kier molecular flexibility index (Phi) is 3.33. The van der Waals surface area contributed by atoms with Gasteiger partial charge in [0.25, 0.3) is 0 Å². The number of hydrogen-bond donors (Lipinski definition) is 0. The lowest BCUT2D eigenvalue weighted by Gasteiger charge is -2.23. The fourth-order valence-electron chi connectivity index (χ4n) is 7.60. The van der Waals surface area contributed by atoms with Crippen LogP contribution in [0.1, 0.15) is 42.7 Å². The second-order valence-electron chi connectivity index (χ2n) is 10.7. The molecule has 2 aliphatic carbocycles. The van der Waals surface area contributed by atoms with Gasteiger partial charge in [0.05, 0.1) is 27.3 Å². The number of para-hydroxylation sites is 1. The van der Waals surface area contributed by atoms with E-state index in [0.29, 0.717) is 11.4 Å². The fourth-order valence-corrected chi connectivity index (χ4v) is 7.60. The molecule has 2 bridgehead atoms. The van der Waals surface area contributed by atoms with Crippen molar-refractivity contribution in [3.8, 4) is 0 Å². The summed E-state index contributed by atoms with van der Waals surface area (Å²) in [7, 11) is 2.14. The van der Waals surface area contributed by atoms with E-state index in [1.165, 1.54) is 58.5 Å². The molecule has 2 aliphatic rings. The first-order valence-corrected chi connectivity index (χ1v) is 12.3. The number of pyridine rings is 2. The van der Waals surface area contributed by atoms with E-state index in [1.54, 1.807) is 6.07 Å². The Labute approximate surface area is 191 Å². The molecule has 2 saturated carbocycles. The van der Waals surface area contributed by atoms with Crippen LogP contribution in [-0.2, 0) is 7.05 Å². The Hall–Kier alpha value is -3.20. The van der Waals surface area contributed by atoms with E-state index in [-0.39, 0.29) is 5.82 Å². The lowest BCUT2D eigenvalue weighted by molar-refractivity contribution is -0.643. The summed E-state index contributed by atoms with van der Waals surface area (Å²) in [5.41, 5.74) is 6.95.